The lowest BCUT2D eigenvalue weighted by atomic mass is 10.1. The summed E-state index contributed by atoms with van der Waals surface area (Å²) in [6, 6.07) is 0.634. The van der Waals surface area contributed by atoms with Crippen molar-refractivity contribution in [3.8, 4) is 0 Å². The summed E-state index contributed by atoms with van der Waals surface area (Å²) in [5, 5.41) is 3.03. The highest BCUT2D eigenvalue weighted by atomic mass is 16.1. The molecule has 0 saturated carbocycles. The van der Waals surface area contributed by atoms with E-state index in [9.17, 15) is 9.59 Å². The van der Waals surface area contributed by atoms with Gasteiger partial charge >= 0.3 is 0 Å². The molecule has 0 aliphatic heterocycles. The van der Waals surface area contributed by atoms with Crippen LogP contribution in [0.2, 0.25) is 0 Å². The molecule has 3 heteroatoms. The summed E-state index contributed by atoms with van der Waals surface area (Å²) in [6.45, 7) is 7.90. The first-order valence-electron chi connectivity index (χ1n) is 5.09. The first-order valence-corrected chi connectivity index (χ1v) is 5.09. The highest BCUT2D eigenvalue weighted by molar-refractivity contribution is 5.81. The van der Waals surface area contributed by atoms with E-state index in [0.717, 1.165) is 6.29 Å². The first-order chi connectivity index (χ1) is 6.45. The van der Waals surface area contributed by atoms with Crippen LogP contribution in [0, 0.1) is 5.92 Å². The fourth-order valence-electron chi connectivity index (χ4n) is 0.490. The SMILES string of the molecule is CC(C)C(=O)CCC=O.CNC(C)C. The predicted octanol–water partition coefficient (Wildman–Crippen LogP) is 1.80. The molecular weight excluding hydrogens is 178 g/mol. The molecule has 14 heavy (non-hydrogen) atoms. The molecule has 84 valence electrons. The van der Waals surface area contributed by atoms with Crippen LogP contribution in [0.3, 0.4) is 0 Å². The third-order valence-corrected chi connectivity index (χ3v) is 1.73. The van der Waals surface area contributed by atoms with E-state index in [1.165, 1.54) is 0 Å². The van der Waals surface area contributed by atoms with E-state index < -0.39 is 0 Å². The zero-order valence-electron chi connectivity index (χ0n) is 9.96. The molecule has 0 radical (unpaired) electrons. The summed E-state index contributed by atoms with van der Waals surface area (Å²) in [6.07, 6.45) is 1.55. The molecule has 0 amide bonds. The molecule has 0 unspecified atom stereocenters. The second-order valence-electron chi connectivity index (χ2n) is 3.77. The van der Waals surface area contributed by atoms with Gasteiger partial charge in [-0.05, 0) is 7.05 Å². The van der Waals surface area contributed by atoms with Gasteiger partial charge in [0.15, 0.2) is 0 Å². The third-order valence-electron chi connectivity index (χ3n) is 1.73. The lowest BCUT2D eigenvalue weighted by Gasteiger charge is -1.98. The third kappa shape index (κ3) is 13.9. The molecule has 0 saturated heterocycles. The molecule has 1 N–H and O–H groups in total. The van der Waals surface area contributed by atoms with Gasteiger partial charge in [-0.3, -0.25) is 4.79 Å². The fourth-order valence-corrected chi connectivity index (χ4v) is 0.490. The molecule has 0 aliphatic carbocycles. The van der Waals surface area contributed by atoms with Crippen molar-refractivity contribution in [3.63, 3.8) is 0 Å². The van der Waals surface area contributed by atoms with Crippen molar-refractivity contribution in [1.29, 1.82) is 0 Å². The van der Waals surface area contributed by atoms with E-state index in [1.54, 1.807) is 0 Å². The van der Waals surface area contributed by atoms with Crippen molar-refractivity contribution in [3.05, 3.63) is 0 Å². The summed E-state index contributed by atoms with van der Waals surface area (Å²) < 4.78 is 0. The number of rotatable bonds is 5. The van der Waals surface area contributed by atoms with Crippen molar-refractivity contribution in [2.24, 2.45) is 5.92 Å². The summed E-state index contributed by atoms with van der Waals surface area (Å²) in [4.78, 5) is 20.5. The van der Waals surface area contributed by atoms with Gasteiger partial charge in [0.25, 0.3) is 0 Å². The molecule has 0 spiro atoms. The number of ketones is 1. The Balaban J connectivity index is 0. The van der Waals surface area contributed by atoms with Crippen LogP contribution in [0.4, 0.5) is 0 Å². The van der Waals surface area contributed by atoms with E-state index in [2.05, 4.69) is 19.2 Å². The zero-order chi connectivity index (χ0) is 11.6. The Labute approximate surface area is 87.3 Å². The second-order valence-corrected chi connectivity index (χ2v) is 3.77. The van der Waals surface area contributed by atoms with Crippen LogP contribution in [0.15, 0.2) is 0 Å². The molecular formula is C11H23NO2. The second kappa shape index (κ2) is 10.4. The number of carbonyl (C=O) groups is 2. The molecule has 0 aromatic rings. The number of nitrogens with one attached hydrogen (secondary N) is 1. The van der Waals surface area contributed by atoms with Gasteiger partial charge in [-0.25, -0.2) is 0 Å². The molecule has 0 fully saturated rings. The van der Waals surface area contributed by atoms with Gasteiger partial charge < -0.3 is 10.1 Å². The smallest absolute Gasteiger partial charge is 0.135 e. The monoisotopic (exact) mass is 201 g/mol. The summed E-state index contributed by atoms with van der Waals surface area (Å²) in [5.41, 5.74) is 0. The minimum Gasteiger partial charge on any atom is -0.318 e. The van der Waals surface area contributed by atoms with Gasteiger partial charge in [-0.15, -0.1) is 0 Å². The van der Waals surface area contributed by atoms with Crippen LogP contribution in [-0.2, 0) is 9.59 Å². The van der Waals surface area contributed by atoms with Gasteiger partial charge in [-0.1, -0.05) is 27.7 Å². The first kappa shape index (κ1) is 15.8. The maximum absolute atomic E-state index is 10.7. The van der Waals surface area contributed by atoms with Crippen LogP contribution in [0.5, 0.6) is 0 Å². The molecule has 0 rings (SSSR count). The molecule has 0 aromatic carbocycles. The Morgan fingerprint density at radius 3 is 1.93 bits per heavy atom. The van der Waals surface area contributed by atoms with Gasteiger partial charge in [0.2, 0.25) is 0 Å². The minimum atomic E-state index is 0.0740. The molecule has 0 aliphatic rings. The highest BCUT2D eigenvalue weighted by Crippen LogP contribution is 1.99. The normalized spacial score (nSPS) is 9.64. The lowest BCUT2D eigenvalue weighted by molar-refractivity contribution is -0.123. The van der Waals surface area contributed by atoms with Gasteiger partial charge in [0.05, 0.1) is 0 Å². The number of hydrogen-bond acceptors (Lipinski definition) is 3. The Morgan fingerprint density at radius 2 is 1.71 bits per heavy atom. The van der Waals surface area contributed by atoms with Crippen molar-refractivity contribution in [2.45, 2.75) is 46.6 Å². The number of Topliss-reactive ketones (excluding diaryl/α,β-unsaturated/α-hetero) is 1. The number of aldehydes is 1. The summed E-state index contributed by atoms with van der Waals surface area (Å²) in [5.74, 6) is 0.243. The lowest BCUT2D eigenvalue weighted by Crippen LogP contribution is -2.15. The standard InChI is InChI=1S/C7H12O2.C4H11N/c1-6(2)7(9)4-3-5-8;1-4(2)5-3/h5-6H,3-4H2,1-2H3;4-5H,1-3H3. The number of carbonyl (C=O) groups excluding carboxylic acids is 2. The number of hydrogen-bond donors (Lipinski definition) is 1. The summed E-state index contributed by atoms with van der Waals surface area (Å²) in [7, 11) is 1.95. The Kier molecular flexibility index (Phi) is 11.7. The van der Waals surface area contributed by atoms with Crippen molar-refractivity contribution in [1.82, 2.24) is 5.32 Å². The molecule has 0 heterocycles. The van der Waals surface area contributed by atoms with Crippen LogP contribution in [-0.4, -0.2) is 25.2 Å². The van der Waals surface area contributed by atoms with Crippen LogP contribution in [0.1, 0.15) is 40.5 Å². The zero-order valence-corrected chi connectivity index (χ0v) is 9.96. The van der Waals surface area contributed by atoms with Gasteiger partial charge in [-0.2, -0.15) is 0 Å². The van der Waals surface area contributed by atoms with Crippen molar-refractivity contribution >= 4 is 12.1 Å². The van der Waals surface area contributed by atoms with Crippen molar-refractivity contribution in [2.75, 3.05) is 7.05 Å². The topological polar surface area (TPSA) is 46.2 Å². The van der Waals surface area contributed by atoms with E-state index in [4.69, 9.17) is 0 Å². The average Bonchev–Trinajstić information content (AvgIpc) is 2.14. The van der Waals surface area contributed by atoms with Gasteiger partial charge in [0, 0.05) is 24.8 Å². The van der Waals surface area contributed by atoms with Crippen LogP contribution in [0.25, 0.3) is 0 Å². The quantitative estimate of drug-likeness (QED) is 0.690. The Morgan fingerprint density at radius 1 is 1.29 bits per heavy atom. The van der Waals surface area contributed by atoms with Crippen molar-refractivity contribution < 1.29 is 9.59 Å². The Hall–Kier alpha value is -0.700. The van der Waals surface area contributed by atoms with E-state index in [1.807, 2.05) is 20.9 Å². The average molecular weight is 201 g/mol. The molecule has 0 atom stereocenters. The molecule has 0 bridgehead atoms. The largest absolute Gasteiger partial charge is 0.318 e. The van der Waals surface area contributed by atoms with E-state index in [0.29, 0.717) is 18.9 Å². The predicted molar refractivity (Wildman–Crippen MR) is 59.3 cm³/mol. The summed E-state index contributed by atoms with van der Waals surface area (Å²) >= 11 is 0. The molecule has 0 aromatic heterocycles. The molecule has 3 nitrogen and oxygen atoms in total. The van der Waals surface area contributed by atoms with Gasteiger partial charge in [0.1, 0.15) is 12.1 Å². The van der Waals surface area contributed by atoms with E-state index in [-0.39, 0.29) is 11.7 Å². The Bertz CT molecular complexity index is 153. The minimum absolute atomic E-state index is 0.0740. The van der Waals surface area contributed by atoms with E-state index >= 15 is 0 Å². The van der Waals surface area contributed by atoms with Crippen LogP contribution < -0.4 is 5.32 Å². The van der Waals surface area contributed by atoms with Crippen LogP contribution >= 0.6 is 0 Å². The maximum atomic E-state index is 10.7. The maximum Gasteiger partial charge on any atom is 0.135 e. The fraction of sp³-hybridized carbons (Fsp3) is 0.818. The highest BCUT2D eigenvalue weighted by Gasteiger charge is 2.04.